The van der Waals surface area contributed by atoms with Gasteiger partial charge in [0.25, 0.3) is 0 Å². The number of carbonyl (C=O) groups is 1. The Balaban J connectivity index is 1.81. The van der Waals surface area contributed by atoms with Gasteiger partial charge < -0.3 is 5.32 Å². The summed E-state index contributed by atoms with van der Waals surface area (Å²) in [6.45, 7) is 0.741. The number of hydrogen-bond donors (Lipinski definition) is 1. The quantitative estimate of drug-likeness (QED) is 0.933. The van der Waals surface area contributed by atoms with Crippen LogP contribution in [-0.4, -0.2) is 12.3 Å². The molecule has 2 nitrogen and oxygen atoms in total. The summed E-state index contributed by atoms with van der Waals surface area (Å²) < 4.78 is 26.1. The molecule has 0 amide bonds. The molecule has 0 spiro atoms. The number of halogens is 2. The molecule has 1 unspecified atom stereocenters. The second kappa shape index (κ2) is 5.64. The lowest BCUT2D eigenvalue weighted by atomic mass is 9.85. The normalized spacial score (nSPS) is 17.0. The Kier molecular flexibility index (Phi) is 3.69. The molecule has 0 saturated heterocycles. The lowest BCUT2D eigenvalue weighted by Gasteiger charge is -2.25. The molecule has 0 bridgehead atoms. The van der Waals surface area contributed by atoms with Gasteiger partial charge in [-0.1, -0.05) is 24.3 Å². The second-order valence-corrected chi connectivity index (χ2v) is 5.25. The van der Waals surface area contributed by atoms with Crippen LogP contribution in [0.3, 0.4) is 0 Å². The van der Waals surface area contributed by atoms with E-state index in [2.05, 4.69) is 5.32 Å². The molecule has 0 aliphatic carbocycles. The van der Waals surface area contributed by atoms with Crippen LogP contribution in [0, 0.1) is 11.6 Å². The van der Waals surface area contributed by atoms with Gasteiger partial charge in [-0.3, -0.25) is 4.79 Å². The highest BCUT2D eigenvalue weighted by molar-refractivity contribution is 5.89. The summed E-state index contributed by atoms with van der Waals surface area (Å²) >= 11 is 0. The average molecular weight is 287 g/mol. The SMILES string of the molecule is O=C(Cc1ccc(F)c(F)c1)C1CCNc2ccccc21. The molecule has 1 N–H and O–H groups in total. The summed E-state index contributed by atoms with van der Waals surface area (Å²) in [5.41, 5.74) is 2.47. The molecular formula is C17H15F2NO. The zero-order valence-electron chi connectivity index (χ0n) is 11.4. The van der Waals surface area contributed by atoms with Gasteiger partial charge in [-0.15, -0.1) is 0 Å². The predicted molar refractivity (Wildman–Crippen MR) is 77.4 cm³/mol. The van der Waals surface area contributed by atoms with Crippen LogP contribution < -0.4 is 5.32 Å². The van der Waals surface area contributed by atoms with E-state index in [4.69, 9.17) is 0 Å². The highest BCUT2D eigenvalue weighted by Crippen LogP contribution is 2.32. The zero-order valence-corrected chi connectivity index (χ0v) is 11.4. The third-order valence-corrected chi connectivity index (χ3v) is 3.84. The van der Waals surface area contributed by atoms with E-state index in [1.807, 2.05) is 24.3 Å². The van der Waals surface area contributed by atoms with Crippen LogP contribution in [0.2, 0.25) is 0 Å². The van der Waals surface area contributed by atoms with Gasteiger partial charge in [0.1, 0.15) is 5.78 Å². The third-order valence-electron chi connectivity index (χ3n) is 3.84. The molecule has 0 radical (unpaired) electrons. The summed E-state index contributed by atoms with van der Waals surface area (Å²) in [6, 6.07) is 11.3. The Morgan fingerprint density at radius 1 is 1.14 bits per heavy atom. The van der Waals surface area contributed by atoms with Crippen molar-refractivity contribution in [1.82, 2.24) is 0 Å². The monoisotopic (exact) mass is 287 g/mol. The predicted octanol–water partition coefficient (Wildman–Crippen LogP) is 3.68. The first kappa shape index (κ1) is 13.7. The van der Waals surface area contributed by atoms with E-state index in [0.29, 0.717) is 5.56 Å². The Morgan fingerprint density at radius 2 is 1.95 bits per heavy atom. The molecule has 2 aromatic carbocycles. The fourth-order valence-corrected chi connectivity index (χ4v) is 2.78. The molecule has 2 aromatic rings. The molecule has 0 aromatic heterocycles. The number of para-hydroxylation sites is 1. The van der Waals surface area contributed by atoms with E-state index in [9.17, 15) is 13.6 Å². The van der Waals surface area contributed by atoms with Gasteiger partial charge in [0.2, 0.25) is 0 Å². The van der Waals surface area contributed by atoms with Crippen molar-refractivity contribution < 1.29 is 13.6 Å². The number of Topliss-reactive ketones (excluding diaryl/α,β-unsaturated/α-hetero) is 1. The van der Waals surface area contributed by atoms with Crippen molar-refractivity contribution in [3.05, 3.63) is 65.2 Å². The number of fused-ring (bicyclic) bond motifs is 1. The van der Waals surface area contributed by atoms with Crippen molar-refractivity contribution in [2.75, 3.05) is 11.9 Å². The Bertz CT molecular complexity index is 684. The number of rotatable bonds is 3. The minimum atomic E-state index is -0.911. The van der Waals surface area contributed by atoms with E-state index in [-0.39, 0.29) is 18.1 Å². The molecule has 0 fully saturated rings. The van der Waals surface area contributed by atoms with E-state index in [0.717, 1.165) is 36.3 Å². The van der Waals surface area contributed by atoms with E-state index in [1.54, 1.807) is 0 Å². The maximum atomic E-state index is 13.2. The van der Waals surface area contributed by atoms with Crippen LogP contribution in [0.5, 0.6) is 0 Å². The van der Waals surface area contributed by atoms with Gasteiger partial charge in [-0.05, 0) is 35.7 Å². The van der Waals surface area contributed by atoms with E-state index >= 15 is 0 Å². The number of ketones is 1. The lowest BCUT2D eigenvalue weighted by Crippen LogP contribution is -2.24. The van der Waals surface area contributed by atoms with Crippen LogP contribution >= 0.6 is 0 Å². The van der Waals surface area contributed by atoms with E-state index < -0.39 is 11.6 Å². The molecule has 4 heteroatoms. The highest BCUT2D eigenvalue weighted by Gasteiger charge is 2.26. The minimum Gasteiger partial charge on any atom is -0.385 e. The summed E-state index contributed by atoms with van der Waals surface area (Å²) in [5.74, 6) is -1.95. The van der Waals surface area contributed by atoms with Crippen LogP contribution in [0.4, 0.5) is 14.5 Å². The number of benzene rings is 2. The van der Waals surface area contributed by atoms with Crippen molar-refractivity contribution >= 4 is 11.5 Å². The van der Waals surface area contributed by atoms with Crippen molar-refractivity contribution in [1.29, 1.82) is 0 Å². The van der Waals surface area contributed by atoms with Gasteiger partial charge in [-0.2, -0.15) is 0 Å². The van der Waals surface area contributed by atoms with Crippen molar-refractivity contribution in [3.8, 4) is 0 Å². The number of carbonyl (C=O) groups excluding carboxylic acids is 1. The third kappa shape index (κ3) is 2.79. The van der Waals surface area contributed by atoms with Gasteiger partial charge in [0, 0.05) is 24.6 Å². The molecule has 0 saturated carbocycles. The molecule has 108 valence electrons. The lowest BCUT2D eigenvalue weighted by molar-refractivity contribution is -0.120. The Hall–Kier alpha value is -2.23. The molecule has 3 rings (SSSR count). The van der Waals surface area contributed by atoms with Crippen molar-refractivity contribution in [2.45, 2.75) is 18.8 Å². The second-order valence-electron chi connectivity index (χ2n) is 5.25. The van der Waals surface area contributed by atoms with Crippen LogP contribution in [-0.2, 0) is 11.2 Å². The first-order valence-corrected chi connectivity index (χ1v) is 6.94. The van der Waals surface area contributed by atoms with Gasteiger partial charge in [-0.25, -0.2) is 8.78 Å². The summed E-state index contributed by atoms with van der Waals surface area (Å²) in [5, 5.41) is 3.27. The summed E-state index contributed by atoms with van der Waals surface area (Å²) in [7, 11) is 0. The fourth-order valence-electron chi connectivity index (χ4n) is 2.78. The highest BCUT2D eigenvalue weighted by atomic mass is 19.2. The maximum absolute atomic E-state index is 13.2. The topological polar surface area (TPSA) is 29.1 Å². The van der Waals surface area contributed by atoms with Gasteiger partial charge in [0.05, 0.1) is 0 Å². The zero-order chi connectivity index (χ0) is 14.8. The minimum absolute atomic E-state index is 0.0370. The maximum Gasteiger partial charge on any atom is 0.159 e. The summed E-state index contributed by atoms with van der Waals surface area (Å²) in [6.07, 6.45) is 0.843. The number of anilines is 1. The van der Waals surface area contributed by atoms with Gasteiger partial charge >= 0.3 is 0 Å². The van der Waals surface area contributed by atoms with Crippen molar-refractivity contribution in [2.24, 2.45) is 0 Å². The summed E-state index contributed by atoms with van der Waals surface area (Å²) in [4.78, 5) is 12.5. The Morgan fingerprint density at radius 3 is 2.76 bits per heavy atom. The average Bonchev–Trinajstić information content (AvgIpc) is 2.50. The smallest absolute Gasteiger partial charge is 0.159 e. The Labute approximate surface area is 121 Å². The molecule has 1 aliphatic rings. The molecule has 1 atom stereocenters. The van der Waals surface area contributed by atoms with E-state index in [1.165, 1.54) is 6.07 Å². The standard InChI is InChI=1S/C17H15F2NO/c18-14-6-5-11(9-15(14)19)10-17(21)13-7-8-20-16-4-2-1-3-12(13)16/h1-6,9,13,20H,7-8,10H2. The van der Waals surface area contributed by atoms with Crippen LogP contribution in [0.25, 0.3) is 0 Å². The molecule has 21 heavy (non-hydrogen) atoms. The molecular weight excluding hydrogens is 272 g/mol. The fraction of sp³-hybridized carbons (Fsp3) is 0.235. The van der Waals surface area contributed by atoms with Crippen LogP contribution in [0.1, 0.15) is 23.5 Å². The first-order chi connectivity index (χ1) is 10.1. The molecule has 1 heterocycles. The van der Waals surface area contributed by atoms with Crippen molar-refractivity contribution in [3.63, 3.8) is 0 Å². The largest absolute Gasteiger partial charge is 0.385 e. The van der Waals surface area contributed by atoms with Crippen LogP contribution in [0.15, 0.2) is 42.5 Å². The van der Waals surface area contributed by atoms with Gasteiger partial charge in [0.15, 0.2) is 11.6 Å². The first-order valence-electron chi connectivity index (χ1n) is 6.94. The molecule has 1 aliphatic heterocycles. The number of hydrogen-bond acceptors (Lipinski definition) is 2. The number of nitrogens with one attached hydrogen (secondary N) is 1.